The zero-order valence-electron chi connectivity index (χ0n) is 11.5. The second-order valence-corrected chi connectivity index (χ2v) is 6.09. The second kappa shape index (κ2) is 6.00. The molecule has 3 unspecified atom stereocenters. The largest absolute Gasteiger partial charge is 0.388 e. The van der Waals surface area contributed by atoms with Crippen LogP contribution in [0.1, 0.15) is 56.8 Å². The van der Waals surface area contributed by atoms with E-state index < -0.39 is 12.5 Å². The first kappa shape index (κ1) is 14.4. The number of halogens is 2. The second-order valence-electron chi connectivity index (χ2n) is 6.09. The minimum Gasteiger partial charge on any atom is -0.388 e. The molecular weight excluding hydrogens is 246 g/mol. The molecule has 2 rings (SSSR count). The van der Waals surface area contributed by atoms with Crippen molar-refractivity contribution in [1.82, 2.24) is 0 Å². The van der Waals surface area contributed by atoms with Gasteiger partial charge >= 0.3 is 0 Å². The van der Waals surface area contributed by atoms with Crippen molar-refractivity contribution in [3.05, 3.63) is 35.4 Å². The highest BCUT2D eigenvalue weighted by Crippen LogP contribution is 2.40. The molecule has 1 saturated carbocycles. The maximum Gasteiger partial charge on any atom is 0.263 e. The summed E-state index contributed by atoms with van der Waals surface area (Å²) in [6, 6.07) is 6.21. The molecule has 0 radical (unpaired) electrons. The topological polar surface area (TPSA) is 20.2 Å². The summed E-state index contributed by atoms with van der Waals surface area (Å²) in [5.41, 5.74) is 0.623. The maximum absolute atomic E-state index is 12.7. The van der Waals surface area contributed by atoms with Crippen molar-refractivity contribution in [1.29, 1.82) is 0 Å². The van der Waals surface area contributed by atoms with Gasteiger partial charge in [0.15, 0.2) is 0 Å². The van der Waals surface area contributed by atoms with Crippen molar-refractivity contribution in [2.45, 2.75) is 45.6 Å². The lowest BCUT2D eigenvalue weighted by Crippen LogP contribution is -2.24. The Labute approximate surface area is 113 Å². The predicted molar refractivity (Wildman–Crippen MR) is 72.0 cm³/mol. The smallest absolute Gasteiger partial charge is 0.263 e. The van der Waals surface area contributed by atoms with Crippen LogP contribution in [0.25, 0.3) is 0 Å². The molecule has 1 aromatic rings. The third-order valence-electron chi connectivity index (χ3n) is 4.17. The quantitative estimate of drug-likeness (QED) is 0.840. The average molecular weight is 268 g/mol. The Bertz CT molecular complexity index is 409. The van der Waals surface area contributed by atoms with E-state index in [9.17, 15) is 13.9 Å². The molecule has 0 aromatic heterocycles. The number of alkyl halides is 2. The van der Waals surface area contributed by atoms with Crippen LogP contribution in [0.5, 0.6) is 0 Å². The summed E-state index contributed by atoms with van der Waals surface area (Å²) in [5, 5.41) is 10.4. The van der Waals surface area contributed by atoms with E-state index in [1.54, 1.807) is 12.1 Å². The van der Waals surface area contributed by atoms with Crippen LogP contribution in [0.15, 0.2) is 24.3 Å². The molecule has 0 spiro atoms. The van der Waals surface area contributed by atoms with E-state index in [0.717, 1.165) is 12.8 Å². The first-order valence-electron chi connectivity index (χ1n) is 7.03. The number of hydrogen-bond acceptors (Lipinski definition) is 1. The highest BCUT2D eigenvalue weighted by Gasteiger charge is 2.30. The Morgan fingerprint density at radius 2 is 1.63 bits per heavy atom. The fourth-order valence-electron chi connectivity index (χ4n) is 3.42. The van der Waals surface area contributed by atoms with Gasteiger partial charge < -0.3 is 5.11 Å². The molecule has 1 N–H and O–H groups in total. The Balaban J connectivity index is 2.14. The predicted octanol–water partition coefficient (Wildman–Crippen LogP) is 4.73. The molecule has 1 aliphatic rings. The molecule has 1 fully saturated rings. The lowest BCUT2D eigenvalue weighted by molar-refractivity contribution is 0.0548. The molecule has 3 heteroatoms. The van der Waals surface area contributed by atoms with Gasteiger partial charge in [-0.3, -0.25) is 0 Å². The van der Waals surface area contributed by atoms with Crippen LogP contribution >= 0.6 is 0 Å². The number of hydrogen-bond donors (Lipinski definition) is 1. The molecule has 1 aliphatic carbocycles. The van der Waals surface area contributed by atoms with Crippen molar-refractivity contribution >= 4 is 0 Å². The lowest BCUT2D eigenvalue weighted by Gasteiger charge is -2.34. The summed E-state index contributed by atoms with van der Waals surface area (Å²) >= 11 is 0. The van der Waals surface area contributed by atoms with E-state index in [1.165, 1.54) is 18.6 Å². The SMILES string of the molecule is CC1CC(C)CC(C(O)c2cccc(C(F)F)c2)C1. The molecule has 0 bridgehead atoms. The van der Waals surface area contributed by atoms with Crippen molar-refractivity contribution in [2.24, 2.45) is 17.8 Å². The fraction of sp³-hybridized carbons (Fsp3) is 0.625. The third-order valence-corrected chi connectivity index (χ3v) is 4.17. The van der Waals surface area contributed by atoms with Gasteiger partial charge in [-0.05, 0) is 48.6 Å². The van der Waals surface area contributed by atoms with E-state index in [0.29, 0.717) is 17.4 Å². The van der Waals surface area contributed by atoms with Crippen LogP contribution < -0.4 is 0 Å². The van der Waals surface area contributed by atoms with Crippen LogP contribution in [-0.2, 0) is 0 Å². The van der Waals surface area contributed by atoms with Gasteiger partial charge in [0.2, 0.25) is 0 Å². The van der Waals surface area contributed by atoms with Crippen molar-refractivity contribution in [2.75, 3.05) is 0 Å². The first-order chi connectivity index (χ1) is 8.97. The molecular formula is C16H22F2O. The molecule has 1 nitrogen and oxygen atoms in total. The summed E-state index contributed by atoms with van der Waals surface area (Å²) in [4.78, 5) is 0. The van der Waals surface area contributed by atoms with E-state index in [-0.39, 0.29) is 11.5 Å². The molecule has 3 atom stereocenters. The Kier molecular flexibility index (Phi) is 4.56. The normalized spacial score (nSPS) is 29.5. The molecule has 19 heavy (non-hydrogen) atoms. The van der Waals surface area contributed by atoms with Crippen LogP contribution in [-0.4, -0.2) is 5.11 Å². The molecule has 0 saturated heterocycles. The van der Waals surface area contributed by atoms with Crippen molar-refractivity contribution in [3.63, 3.8) is 0 Å². The number of rotatable bonds is 3. The van der Waals surface area contributed by atoms with Gasteiger partial charge in [-0.1, -0.05) is 32.0 Å². The van der Waals surface area contributed by atoms with Gasteiger partial charge in [-0.15, -0.1) is 0 Å². The average Bonchev–Trinajstić information content (AvgIpc) is 2.37. The summed E-state index contributed by atoms with van der Waals surface area (Å²) < 4.78 is 25.4. The van der Waals surface area contributed by atoms with Crippen molar-refractivity contribution in [3.8, 4) is 0 Å². The van der Waals surface area contributed by atoms with Gasteiger partial charge in [0, 0.05) is 5.56 Å². The minimum atomic E-state index is -2.48. The number of aliphatic hydroxyl groups is 1. The first-order valence-corrected chi connectivity index (χ1v) is 7.03. The molecule has 106 valence electrons. The summed E-state index contributed by atoms with van der Waals surface area (Å²) in [7, 11) is 0. The Morgan fingerprint density at radius 3 is 2.21 bits per heavy atom. The molecule has 0 amide bonds. The maximum atomic E-state index is 12.7. The Hall–Kier alpha value is -0.960. The monoisotopic (exact) mass is 268 g/mol. The van der Waals surface area contributed by atoms with Gasteiger partial charge in [0.25, 0.3) is 6.43 Å². The number of benzene rings is 1. The molecule has 0 aliphatic heterocycles. The highest BCUT2D eigenvalue weighted by atomic mass is 19.3. The van der Waals surface area contributed by atoms with E-state index in [4.69, 9.17) is 0 Å². The Morgan fingerprint density at radius 1 is 1.05 bits per heavy atom. The molecule has 0 heterocycles. The van der Waals surface area contributed by atoms with Gasteiger partial charge in [-0.25, -0.2) is 8.78 Å². The summed E-state index contributed by atoms with van der Waals surface area (Å²) in [5.74, 6) is 1.38. The van der Waals surface area contributed by atoms with Crippen LogP contribution in [0.2, 0.25) is 0 Å². The number of aliphatic hydroxyl groups excluding tert-OH is 1. The zero-order valence-corrected chi connectivity index (χ0v) is 11.5. The van der Waals surface area contributed by atoms with E-state index in [2.05, 4.69) is 13.8 Å². The fourth-order valence-corrected chi connectivity index (χ4v) is 3.42. The highest BCUT2D eigenvalue weighted by molar-refractivity contribution is 5.26. The third kappa shape index (κ3) is 3.53. The van der Waals surface area contributed by atoms with Gasteiger partial charge in [-0.2, -0.15) is 0 Å². The van der Waals surface area contributed by atoms with Crippen LogP contribution in [0, 0.1) is 17.8 Å². The van der Waals surface area contributed by atoms with Crippen LogP contribution in [0.3, 0.4) is 0 Å². The van der Waals surface area contributed by atoms with Gasteiger partial charge in [0.1, 0.15) is 0 Å². The lowest BCUT2D eigenvalue weighted by atomic mass is 9.73. The van der Waals surface area contributed by atoms with E-state index in [1.807, 2.05) is 0 Å². The summed E-state index contributed by atoms with van der Waals surface area (Å²) in [6.07, 6.45) is 0.0509. The van der Waals surface area contributed by atoms with Gasteiger partial charge in [0.05, 0.1) is 6.10 Å². The zero-order chi connectivity index (χ0) is 14.0. The van der Waals surface area contributed by atoms with Crippen molar-refractivity contribution < 1.29 is 13.9 Å². The van der Waals surface area contributed by atoms with E-state index >= 15 is 0 Å². The standard InChI is InChI=1S/C16H22F2O/c1-10-6-11(2)8-14(7-10)15(19)12-4-3-5-13(9-12)16(17)18/h3-5,9-11,14-16,19H,6-8H2,1-2H3. The van der Waals surface area contributed by atoms with Crippen LogP contribution in [0.4, 0.5) is 8.78 Å². The summed E-state index contributed by atoms with van der Waals surface area (Å²) in [6.45, 7) is 4.40. The molecule has 1 aromatic carbocycles. The minimum absolute atomic E-state index is 0.00606.